The summed E-state index contributed by atoms with van der Waals surface area (Å²) in [5, 5.41) is 16.4. The monoisotopic (exact) mass is 241 g/mol. The van der Waals surface area contributed by atoms with Crippen LogP contribution < -0.4 is 10.7 Å². The Morgan fingerprint density at radius 1 is 1.50 bits per heavy atom. The van der Waals surface area contributed by atoms with E-state index in [0.29, 0.717) is 16.4 Å². The second-order valence-electron chi connectivity index (χ2n) is 3.05. The normalized spacial score (nSPS) is 11.1. The number of benzene rings is 1. The first-order chi connectivity index (χ1) is 7.54. The number of aromatic hydroxyl groups is 1. The highest BCUT2D eigenvalue weighted by Crippen LogP contribution is 2.18. The van der Waals surface area contributed by atoms with Crippen LogP contribution >= 0.6 is 12.2 Å². The molecule has 0 saturated heterocycles. The number of rotatable bonds is 2. The molecule has 0 aromatic heterocycles. The Morgan fingerprint density at radius 3 is 2.81 bits per heavy atom. The van der Waals surface area contributed by atoms with E-state index in [1.54, 1.807) is 14.0 Å². The summed E-state index contributed by atoms with van der Waals surface area (Å²) in [6, 6.07) is 3.66. The number of nitrogens with zero attached hydrogens (tertiary/aromatic N) is 1. The minimum absolute atomic E-state index is 0.0279. The molecule has 1 aromatic carbocycles. The molecule has 0 aliphatic heterocycles. The van der Waals surface area contributed by atoms with Crippen molar-refractivity contribution in [3.63, 3.8) is 0 Å². The molecule has 0 heterocycles. The van der Waals surface area contributed by atoms with Gasteiger partial charge in [-0.3, -0.25) is 5.43 Å². The number of phenolic OH excluding ortho intramolecular Hbond substituents is 1. The maximum Gasteiger partial charge on any atom is 0.186 e. The number of nitrogens with one attached hydrogen (secondary N) is 2. The van der Waals surface area contributed by atoms with E-state index in [1.807, 2.05) is 0 Å². The molecule has 0 fully saturated rings. The molecule has 0 amide bonds. The molecule has 0 atom stereocenters. The average molecular weight is 241 g/mol. The third-order valence-corrected chi connectivity index (χ3v) is 2.20. The first-order valence-electron chi connectivity index (χ1n) is 4.55. The number of halogens is 1. The molecule has 0 bridgehead atoms. The highest BCUT2D eigenvalue weighted by molar-refractivity contribution is 7.80. The summed E-state index contributed by atoms with van der Waals surface area (Å²) in [5.41, 5.74) is 3.32. The molecule has 0 radical (unpaired) electrons. The minimum atomic E-state index is -0.432. The van der Waals surface area contributed by atoms with Crippen LogP contribution in [0.3, 0.4) is 0 Å². The standard InChI is InChI=1S/C10H12FN3OS/c1-6(13-14-10(16)12-2)8-5-7(11)3-4-9(8)15/h3-5,15H,1-2H3,(H2,12,14,16)/b13-6+. The molecular formula is C10H12FN3OS. The van der Waals surface area contributed by atoms with E-state index >= 15 is 0 Å². The largest absolute Gasteiger partial charge is 0.507 e. The molecule has 0 saturated carbocycles. The Labute approximate surface area is 98.2 Å². The smallest absolute Gasteiger partial charge is 0.186 e. The van der Waals surface area contributed by atoms with Crippen LogP contribution in [0.5, 0.6) is 5.75 Å². The fourth-order valence-electron chi connectivity index (χ4n) is 1.05. The van der Waals surface area contributed by atoms with Gasteiger partial charge in [-0.15, -0.1) is 0 Å². The molecule has 16 heavy (non-hydrogen) atoms. The van der Waals surface area contributed by atoms with E-state index in [-0.39, 0.29) is 5.75 Å². The lowest BCUT2D eigenvalue weighted by Gasteiger charge is -2.05. The van der Waals surface area contributed by atoms with E-state index < -0.39 is 5.82 Å². The van der Waals surface area contributed by atoms with Crippen LogP contribution in [-0.4, -0.2) is 23.0 Å². The predicted molar refractivity (Wildman–Crippen MR) is 65.1 cm³/mol. The number of hydrogen-bond donors (Lipinski definition) is 3. The van der Waals surface area contributed by atoms with Crippen molar-refractivity contribution >= 4 is 23.0 Å². The molecular weight excluding hydrogens is 229 g/mol. The van der Waals surface area contributed by atoms with Gasteiger partial charge in [-0.1, -0.05) is 0 Å². The van der Waals surface area contributed by atoms with Crippen LogP contribution in [0, 0.1) is 5.82 Å². The zero-order valence-electron chi connectivity index (χ0n) is 8.91. The van der Waals surface area contributed by atoms with Gasteiger partial charge in [0.05, 0.1) is 5.71 Å². The Kier molecular flexibility index (Phi) is 4.19. The van der Waals surface area contributed by atoms with Crippen molar-refractivity contribution in [3.05, 3.63) is 29.6 Å². The van der Waals surface area contributed by atoms with Crippen molar-refractivity contribution in [3.8, 4) is 5.75 Å². The van der Waals surface area contributed by atoms with Gasteiger partial charge in [-0.05, 0) is 37.3 Å². The van der Waals surface area contributed by atoms with Crippen LogP contribution in [0.15, 0.2) is 23.3 Å². The van der Waals surface area contributed by atoms with Gasteiger partial charge in [-0.2, -0.15) is 5.10 Å². The number of hydrazone groups is 1. The summed E-state index contributed by atoms with van der Waals surface area (Å²) in [7, 11) is 1.65. The van der Waals surface area contributed by atoms with Crippen LogP contribution in [-0.2, 0) is 0 Å². The van der Waals surface area contributed by atoms with Crippen molar-refractivity contribution in [2.45, 2.75) is 6.92 Å². The minimum Gasteiger partial charge on any atom is -0.507 e. The van der Waals surface area contributed by atoms with Gasteiger partial charge < -0.3 is 10.4 Å². The first-order valence-corrected chi connectivity index (χ1v) is 4.96. The Hall–Kier alpha value is -1.69. The second-order valence-corrected chi connectivity index (χ2v) is 3.46. The van der Waals surface area contributed by atoms with E-state index in [4.69, 9.17) is 12.2 Å². The summed E-state index contributed by atoms with van der Waals surface area (Å²) in [4.78, 5) is 0. The molecule has 6 heteroatoms. The lowest BCUT2D eigenvalue weighted by atomic mass is 10.1. The highest BCUT2D eigenvalue weighted by Gasteiger charge is 2.06. The van der Waals surface area contributed by atoms with Gasteiger partial charge in [0, 0.05) is 12.6 Å². The maximum atomic E-state index is 12.9. The summed E-state index contributed by atoms with van der Waals surface area (Å²) in [6.45, 7) is 1.64. The van der Waals surface area contributed by atoms with Gasteiger partial charge in [0.15, 0.2) is 5.11 Å². The van der Waals surface area contributed by atoms with E-state index in [2.05, 4.69) is 15.8 Å². The van der Waals surface area contributed by atoms with Gasteiger partial charge in [0.1, 0.15) is 11.6 Å². The van der Waals surface area contributed by atoms with E-state index in [1.165, 1.54) is 18.2 Å². The quantitative estimate of drug-likeness (QED) is 0.415. The molecule has 86 valence electrons. The van der Waals surface area contributed by atoms with Crippen molar-refractivity contribution in [1.82, 2.24) is 10.7 Å². The van der Waals surface area contributed by atoms with Crippen LogP contribution in [0.25, 0.3) is 0 Å². The third kappa shape index (κ3) is 3.16. The molecule has 1 rings (SSSR count). The Bertz CT molecular complexity index is 434. The Balaban J connectivity index is 2.91. The predicted octanol–water partition coefficient (Wildman–Crippen LogP) is 1.35. The summed E-state index contributed by atoms with van der Waals surface area (Å²) in [5.74, 6) is -0.460. The summed E-state index contributed by atoms with van der Waals surface area (Å²) < 4.78 is 12.9. The lowest BCUT2D eigenvalue weighted by Crippen LogP contribution is -2.29. The van der Waals surface area contributed by atoms with Crippen LogP contribution in [0.1, 0.15) is 12.5 Å². The summed E-state index contributed by atoms with van der Waals surface area (Å²) in [6.07, 6.45) is 0. The van der Waals surface area contributed by atoms with Gasteiger partial charge in [-0.25, -0.2) is 4.39 Å². The molecule has 4 nitrogen and oxygen atoms in total. The average Bonchev–Trinajstić information content (AvgIpc) is 2.28. The van der Waals surface area contributed by atoms with Gasteiger partial charge in [0.2, 0.25) is 0 Å². The van der Waals surface area contributed by atoms with E-state index in [9.17, 15) is 9.50 Å². The SMILES string of the molecule is CNC(=S)N/N=C(\C)c1cc(F)ccc1O. The van der Waals surface area contributed by atoms with Gasteiger partial charge >= 0.3 is 0 Å². The number of hydrogen-bond acceptors (Lipinski definition) is 3. The summed E-state index contributed by atoms with van der Waals surface area (Å²) >= 11 is 4.82. The maximum absolute atomic E-state index is 12.9. The fraction of sp³-hybridized carbons (Fsp3) is 0.200. The molecule has 0 unspecified atom stereocenters. The molecule has 3 N–H and O–H groups in total. The number of phenols is 1. The van der Waals surface area contributed by atoms with Crippen molar-refractivity contribution in [2.24, 2.45) is 5.10 Å². The topological polar surface area (TPSA) is 56.7 Å². The van der Waals surface area contributed by atoms with Gasteiger partial charge in [0.25, 0.3) is 0 Å². The Morgan fingerprint density at radius 2 is 2.19 bits per heavy atom. The van der Waals surface area contributed by atoms with E-state index in [0.717, 1.165) is 0 Å². The molecule has 1 aromatic rings. The lowest BCUT2D eigenvalue weighted by molar-refractivity contribution is 0.471. The number of thiocarbonyl (C=S) groups is 1. The zero-order valence-corrected chi connectivity index (χ0v) is 9.73. The zero-order chi connectivity index (χ0) is 12.1. The first kappa shape index (κ1) is 12.4. The van der Waals surface area contributed by atoms with Crippen molar-refractivity contribution in [2.75, 3.05) is 7.05 Å². The molecule has 0 aliphatic carbocycles. The molecule has 0 spiro atoms. The van der Waals surface area contributed by atoms with Crippen molar-refractivity contribution < 1.29 is 9.50 Å². The second kappa shape index (κ2) is 5.41. The molecule has 0 aliphatic rings. The fourth-order valence-corrected chi connectivity index (χ4v) is 1.09. The van der Waals surface area contributed by atoms with Crippen LogP contribution in [0.4, 0.5) is 4.39 Å². The third-order valence-electron chi connectivity index (χ3n) is 1.90. The van der Waals surface area contributed by atoms with Crippen LogP contribution in [0.2, 0.25) is 0 Å². The van der Waals surface area contributed by atoms with Crippen molar-refractivity contribution in [1.29, 1.82) is 0 Å². The highest BCUT2D eigenvalue weighted by atomic mass is 32.1.